The van der Waals surface area contributed by atoms with Gasteiger partial charge >= 0.3 is 0 Å². The van der Waals surface area contributed by atoms with Crippen LogP contribution < -0.4 is 10.0 Å². The highest BCUT2D eigenvalue weighted by atomic mass is 32.2. The third-order valence-corrected chi connectivity index (χ3v) is 5.54. The summed E-state index contributed by atoms with van der Waals surface area (Å²) in [6.07, 6.45) is 1.07. The maximum atomic E-state index is 12.0. The van der Waals surface area contributed by atoms with E-state index in [2.05, 4.69) is 22.2 Å². The summed E-state index contributed by atoms with van der Waals surface area (Å²) in [6.45, 7) is 0.0891. The van der Waals surface area contributed by atoms with E-state index < -0.39 is 10.0 Å². The van der Waals surface area contributed by atoms with Gasteiger partial charge in [0.1, 0.15) is 0 Å². The second kappa shape index (κ2) is 7.15. The summed E-state index contributed by atoms with van der Waals surface area (Å²) in [5.41, 5.74) is 1.23. The molecule has 2 aromatic rings. The van der Waals surface area contributed by atoms with Gasteiger partial charge in [0.2, 0.25) is 15.9 Å². The maximum Gasteiger partial charge on any atom is 0.240 e. The molecule has 2 atom stereocenters. The zero-order chi connectivity index (χ0) is 17.0. The van der Waals surface area contributed by atoms with E-state index in [1.165, 1.54) is 17.7 Å². The van der Waals surface area contributed by atoms with Crippen LogP contribution in [-0.2, 0) is 14.8 Å². The molecule has 1 saturated carbocycles. The zero-order valence-electron chi connectivity index (χ0n) is 13.2. The molecule has 0 bridgehead atoms. The van der Waals surface area contributed by atoms with E-state index in [-0.39, 0.29) is 29.8 Å². The third-order valence-electron chi connectivity index (χ3n) is 4.06. The van der Waals surface area contributed by atoms with E-state index in [9.17, 15) is 13.2 Å². The quantitative estimate of drug-likeness (QED) is 0.807. The summed E-state index contributed by atoms with van der Waals surface area (Å²) in [6, 6.07) is 18.4. The minimum atomic E-state index is -3.55. The average molecular weight is 344 g/mol. The number of hydrogen-bond acceptors (Lipinski definition) is 3. The Balaban J connectivity index is 1.43. The Morgan fingerprint density at radius 2 is 1.62 bits per heavy atom. The fourth-order valence-corrected chi connectivity index (χ4v) is 3.74. The lowest BCUT2D eigenvalue weighted by molar-refractivity contribution is -0.121. The molecule has 5 nitrogen and oxygen atoms in total. The minimum Gasteiger partial charge on any atom is -0.353 e. The third kappa shape index (κ3) is 4.21. The molecule has 0 aromatic heterocycles. The summed E-state index contributed by atoms with van der Waals surface area (Å²) in [7, 11) is -3.55. The molecule has 0 heterocycles. The van der Waals surface area contributed by atoms with Crippen LogP contribution in [0.15, 0.2) is 65.6 Å². The van der Waals surface area contributed by atoms with Gasteiger partial charge < -0.3 is 5.32 Å². The lowest BCUT2D eigenvalue weighted by Gasteiger charge is -2.07. The summed E-state index contributed by atoms with van der Waals surface area (Å²) in [5.74, 6) is 0.241. The standard InChI is InChI=1S/C18H20N2O3S/c21-18(20-17-13-16(17)14-7-3-1-4-8-14)11-12-19-24(22,23)15-9-5-2-6-10-15/h1-10,16-17,19H,11-13H2,(H,20,21). The van der Waals surface area contributed by atoms with Crippen molar-refractivity contribution in [2.75, 3.05) is 6.54 Å². The molecule has 2 N–H and O–H groups in total. The molecule has 1 aliphatic carbocycles. The lowest BCUT2D eigenvalue weighted by atomic mass is 10.1. The van der Waals surface area contributed by atoms with Gasteiger partial charge in [-0.05, 0) is 24.1 Å². The van der Waals surface area contributed by atoms with Gasteiger partial charge in [-0.2, -0.15) is 0 Å². The number of benzene rings is 2. The SMILES string of the molecule is O=C(CCNS(=O)(=O)c1ccccc1)NC1CC1c1ccccc1. The van der Waals surface area contributed by atoms with Crippen LogP contribution in [0.5, 0.6) is 0 Å². The van der Waals surface area contributed by atoms with Crippen molar-refractivity contribution in [3.8, 4) is 0 Å². The van der Waals surface area contributed by atoms with E-state index in [1.54, 1.807) is 18.2 Å². The highest BCUT2D eigenvalue weighted by Crippen LogP contribution is 2.40. The first-order chi connectivity index (χ1) is 11.6. The van der Waals surface area contributed by atoms with Gasteiger partial charge in [0, 0.05) is 24.9 Å². The smallest absolute Gasteiger partial charge is 0.240 e. The van der Waals surface area contributed by atoms with Gasteiger partial charge in [0.15, 0.2) is 0 Å². The number of rotatable bonds is 7. The number of hydrogen-bond donors (Lipinski definition) is 2. The first kappa shape index (κ1) is 16.7. The Morgan fingerprint density at radius 3 is 2.29 bits per heavy atom. The first-order valence-electron chi connectivity index (χ1n) is 7.95. The highest BCUT2D eigenvalue weighted by Gasteiger charge is 2.39. The monoisotopic (exact) mass is 344 g/mol. The van der Waals surface area contributed by atoms with Gasteiger partial charge in [0.05, 0.1) is 4.90 Å². The molecular formula is C18H20N2O3S. The van der Waals surface area contributed by atoms with Crippen molar-refractivity contribution in [3.63, 3.8) is 0 Å². The van der Waals surface area contributed by atoms with Crippen LogP contribution in [0.25, 0.3) is 0 Å². The van der Waals surface area contributed by atoms with Gasteiger partial charge in [-0.3, -0.25) is 4.79 Å². The molecular weight excluding hydrogens is 324 g/mol. The van der Waals surface area contributed by atoms with E-state index in [4.69, 9.17) is 0 Å². The molecule has 24 heavy (non-hydrogen) atoms. The van der Waals surface area contributed by atoms with E-state index in [0.29, 0.717) is 5.92 Å². The Morgan fingerprint density at radius 1 is 1.00 bits per heavy atom. The van der Waals surface area contributed by atoms with Crippen LogP contribution in [-0.4, -0.2) is 26.9 Å². The molecule has 0 aliphatic heterocycles. The van der Waals surface area contributed by atoms with Crippen molar-refractivity contribution in [2.24, 2.45) is 0 Å². The number of sulfonamides is 1. The Kier molecular flexibility index (Phi) is 4.97. The maximum absolute atomic E-state index is 12.0. The molecule has 2 aromatic carbocycles. The minimum absolute atomic E-state index is 0.0891. The molecule has 6 heteroatoms. The van der Waals surface area contributed by atoms with Gasteiger partial charge in [-0.1, -0.05) is 48.5 Å². The van der Waals surface area contributed by atoms with Crippen molar-refractivity contribution >= 4 is 15.9 Å². The van der Waals surface area contributed by atoms with Crippen LogP contribution in [0.4, 0.5) is 0 Å². The van der Waals surface area contributed by atoms with Gasteiger partial charge in [-0.25, -0.2) is 13.1 Å². The van der Waals surface area contributed by atoms with Gasteiger partial charge in [-0.15, -0.1) is 0 Å². The van der Waals surface area contributed by atoms with Gasteiger partial charge in [0.25, 0.3) is 0 Å². The molecule has 3 rings (SSSR count). The van der Waals surface area contributed by atoms with Crippen LogP contribution >= 0.6 is 0 Å². The predicted octanol–water partition coefficient (Wildman–Crippen LogP) is 2.03. The summed E-state index contributed by atoms with van der Waals surface area (Å²) < 4.78 is 26.5. The number of amides is 1. The molecule has 1 fully saturated rings. The fourth-order valence-electron chi connectivity index (χ4n) is 2.68. The molecule has 0 radical (unpaired) electrons. The number of carbonyl (C=O) groups excluding carboxylic acids is 1. The Hall–Kier alpha value is -2.18. The van der Waals surface area contributed by atoms with Crippen LogP contribution in [0.3, 0.4) is 0 Å². The number of nitrogens with one attached hydrogen (secondary N) is 2. The second-order valence-electron chi connectivity index (χ2n) is 5.89. The Bertz CT molecular complexity index is 792. The largest absolute Gasteiger partial charge is 0.353 e. The van der Waals surface area contributed by atoms with E-state index in [1.807, 2.05) is 18.2 Å². The van der Waals surface area contributed by atoms with Crippen molar-refractivity contribution < 1.29 is 13.2 Å². The lowest BCUT2D eigenvalue weighted by Crippen LogP contribution is -2.32. The van der Waals surface area contributed by atoms with Crippen molar-refractivity contribution in [1.82, 2.24) is 10.0 Å². The molecule has 0 saturated heterocycles. The molecule has 1 amide bonds. The van der Waals surface area contributed by atoms with E-state index >= 15 is 0 Å². The predicted molar refractivity (Wildman–Crippen MR) is 92.0 cm³/mol. The van der Waals surface area contributed by atoms with Crippen molar-refractivity contribution in [1.29, 1.82) is 0 Å². The normalized spacial score (nSPS) is 19.7. The topological polar surface area (TPSA) is 75.3 Å². The Labute approximate surface area is 142 Å². The molecule has 1 aliphatic rings. The zero-order valence-corrected chi connectivity index (χ0v) is 14.0. The van der Waals surface area contributed by atoms with E-state index in [0.717, 1.165) is 6.42 Å². The molecule has 2 unspecified atom stereocenters. The highest BCUT2D eigenvalue weighted by molar-refractivity contribution is 7.89. The van der Waals surface area contributed by atoms with Crippen molar-refractivity contribution in [2.45, 2.75) is 29.7 Å². The molecule has 126 valence electrons. The first-order valence-corrected chi connectivity index (χ1v) is 9.43. The van der Waals surface area contributed by atoms with Crippen LogP contribution in [0.2, 0.25) is 0 Å². The number of carbonyl (C=O) groups is 1. The van der Waals surface area contributed by atoms with Crippen molar-refractivity contribution in [3.05, 3.63) is 66.2 Å². The summed E-state index contributed by atoms with van der Waals surface area (Å²) in [4.78, 5) is 12.2. The second-order valence-corrected chi connectivity index (χ2v) is 7.65. The fraction of sp³-hybridized carbons (Fsp3) is 0.278. The van der Waals surface area contributed by atoms with Crippen LogP contribution in [0.1, 0.15) is 24.3 Å². The molecule has 0 spiro atoms. The summed E-state index contributed by atoms with van der Waals surface area (Å²) >= 11 is 0. The van der Waals surface area contributed by atoms with Crippen LogP contribution in [0, 0.1) is 0 Å². The summed E-state index contributed by atoms with van der Waals surface area (Å²) in [5, 5.41) is 2.95. The average Bonchev–Trinajstić information content (AvgIpc) is 3.35.